The molecule has 9 heteroatoms. The van der Waals surface area contributed by atoms with Crippen molar-refractivity contribution in [3.8, 4) is 0 Å². The van der Waals surface area contributed by atoms with Crippen LogP contribution in [-0.2, 0) is 0 Å². The van der Waals surface area contributed by atoms with E-state index in [1.54, 1.807) is 24.8 Å². The standard InChI is InChI=1S/C19H21BrN6O.ClH/c1-11-5-12(7-22-6-11)19(27)25-15-9-24-18-16(15)17(14(20)8-23-18)26-4-2-3-13(21)10-26;/h5-9,13H,2-4,10,21H2,1H3,(H,23,24)(H,25,27);1H/t13-;/m1./s1. The fourth-order valence-corrected chi connectivity index (χ4v) is 4.10. The zero-order valence-corrected chi connectivity index (χ0v) is 17.8. The second kappa shape index (κ2) is 8.46. The fourth-order valence-electron chi connectivity index (χ4n) is 3.55. The molecule has 0 unspecified atom stereocenters. The maximum atomic E-state index is 12.7. The van der Waals surface area contributed by atoms with Crippen molar-refractivity contribution in [1.82, 2.24) is 15.0 Å². The van der Waals surface area contributed by atoms with Gasteiger partial charge in [-0.1, -0.05) is 0 Å². The Morgan fingerprint density at radius 3 is 2.96 bits per heavy atom. The van der Waals surface area contributed by atoms with Gasteiger partial charge in [0.2, 0.25) is 0 Å². The van der Waals surface area contributed by atoms with E-state index in [0.717, 1.165) is 52.7 Å². The Labute approximate surface area is 177 Å². The number of hydrogen-bond donors (Lipinski definition) is 3. The van der Waals surface area contributed by atoms with Gasteiger partial charge in [0.15, 0.2) is 0 Å². The molecule has 0 spiro atoms. The van der Waals surface area contributed by atoms with E-state index >= 15 is 0 Å². The summed E-state index contributed by atoms with van der Waals surface area (Å²) >= 11 is 3.63. The number of nitrogens with two attached hydrogens (primary N) is 1. The lowest BCUT2D eigenvalue weighted by molar-refractivity contribution is 0.102. The van der Waals surface area contributed by atoms with Crippen LogP contribution in [0.4, 0.5) is 11.4 Å². The number of H-pyrrole nitrogens is 1. The van der Waals surface area contributed by atoms with Crippen molar-refractivity contribution in [3.63, 3.8) is 0 Å². The fraction of sp³-hybridized carbons (Fsp3) is 0.316. The SMILES string of the molecule is Cc1cncc(C(=O)Nc2c[nH]c3ncc(Br)c(N4CCC[C@@H](N)C4)c23)c1.Cl. The number of amides is 1. The lowest BCUT2D eigenvalue weighted by Crippen LogP contribution is -2.43. The second-order valence-corrected chi connectivity index (χ2v) is 7.79. The summed E-state index contributed by atoms with van der Waals surface area (Å²) in [4.78, 5) is 26.7. The lowest BCUT2D eigenvalue weighted by atomic mass is 10.1. The Morgan fingerprint density at radius 2 is 2.21 bits per heavy atom. The van der Waals surface area contributed by atoms with Crippen molar-refractivity contribution in [2.75, 3.05) is 23.3 Å². The number of hydrogen-bond acceptors (Lipinski definition) is 5. The molecule has 1 saturated heterocycles. The van der Waals surface area contributed by atoms with Crippen molar-refractivity contribution in [1.29, 1.82) is 0 Å². The molecule has 1 amide bonds. The smallest absolute Gasteiger partial charge is 0.257 e. The number of carbonyl (C=O) groups is 1. The van der Waals surface area contributed by atoms with Gasteiger partial charge in [0, 0.05) is 43.9 Å². The summed E-state index contributed by atoms with van der Waals surface area (Å²) in [6.07, 6.45) is 8.91. The Balaban J connectivity index is 0.00000225. The molecular formula is C19H22BrClN6O. The van der Waals surface area contributed by atoms with Gasteiger partial charge in [0.25, 0.3) is 5.91 Å². The third-order valence-electron chi connectivity index (χ3n) is 4.79. The molecule has 148 valence electrons. The molecule has 4 heterocycles. The Morgan fingerprint density at radius 1 is 1.39 bits per heavy atom. The summed E-state index contributed by atoms with van der Waals surface area (Å²) in [7, 11) is 0. The minimum absolute atomic E-state index is 0. The number of aryl methyl sites for hydroxylation is 1. The summed E-state index contributed by atoms with van der Waals surface area (Å²) in [5.74, 6) is -0.201. The first-order chi connectivity index (χ1) is 13.0. The molecule has 4 rings (SSSR count). The molecule has 0 aromatic carbocycles. The topological polar surface area (TPSA) is 99.9 Å². The van der Waals surface area contributed by atoms with Crippen LogP contribution < -0.4 is 16.0 Å². The number of pyridine rings is 2. The first-order valence-electron chi connectivity index (χ1n) is 8.92. The van der Waals surface area contributed by atoms with Gasteiger partial charge in [-0.15, -0.1) is 12.4 Å². The lowest BCUT2D eigenvalue weighted by Gasteiger charge is -2.33. The number of aromatic nitrogens is 3. The molecule has 3 aromatic heterocycles. The van der Waals surface area contributed by atoms with Crippen molar-refractivity contribution in [2.45, 2.75) is 25.8 Å². The van der Waals surface area contributed by atoms with Crippen LogP contribution in [0, 0.1) is 6.92 Å². The second-order valence-electron chi connectivity index (χ2n) is 6.93. The van der Waals surface area contributed by atoms with Crippen LogP contribution in [0.2, 0.25) is 0 Å². The summed E-state index contributed by atoms with van der Waals surface area (Å²) in [6.45, 7) is 3.61. The number of carbonyl (C=O) groups excluding carboxylic acids is 1. The van der Waals surface area contributed by atoms with Crippen LogP contribution in [0.5, 0.6) is 0 Å². The van der Waals surface area contributed by atoms with Crippen LogP contribution in [-0.4, -0.2) is 40.0 Å². The number of rotatable bonds is 3. The maximum absolute atomic E-state index is 12.7. The Bertz CT molecular complexity index is 1010. The summed E-state index contributed by atoms with van der Waals surface area (Å²) in [5.41, 5.74) is 10.1. The number of nitrogens with one attached hydrogen (secondary N) is 2. The first-order valence-corrected chi connectivity index (χ1v) is 9.71. The van der Waals surface area contributed by atoms with Crippen LogP contribution >= 0.6 is 28.3 Å². The van der Waals surface area contributed by atoms with E-state index in [4.69, 9.17) is 5.73 Å². The van der Waals surface area contributed by atoms with E-state index in [9.17, 15) is 4.79 Å². The van der Waals surface area contributed by atoms with Crippen LogP contribution in [0.3, 0.4) is 0 Å². The maximum Gasteiger partial charge on any atom is 0.257 e. The van der Waals surface area contributed by atoms with Gasteiger partial charge in [-0.05, 0) is 47.3 Å². The van der Waals surface area contributed by atoms with Crippen molar-refractivity contribution >= 4 is 56.7 Å². The van der Waals surface area contributed by atoms with Crippen LogP contribution in [0.15, 0.2) is 35.3 Å². The molecule has 1 atom stereocenters. The van der Waals surface area contributed by atoms with Crippen LogP contribution in [0.25, 0.3) is 11.0 Å². The molecule has 1 aliphatic heterocycles. The molecule has 0 saturated carbocycles. The molecular weight excluding hydrogens is 444 g/mol. The van der Waals surface area contributed by atoms with Gasteiger partial charge in [-0.3, -0.25) is 9.78 Å². The van der Waals surface area contributed by atoms with Gasteiger partial charge in [-0.2, -0.15) is 0 Å². The normalized spacial score (nSPS) is 16.7. The van der Waals surface area contributed by atoms with Crippen molar-refractivity contribution in [3.05, 3.63) is 46.5 Å². The molecule has 7 nitrogen and oxygen atoms in total. The highest BCUT2D eigenvalue weighted by molar-refractivity contribution is 9.10. The zero-order valence-electron chi connectivity index (χ0n) is 15.4. The van der Waals surface area contributed by atoms with Crippen molar-refractivity contribution in [2.24, 2.45) is 5.73 Å². The highest BCUT2D eigenvalue weighted by Gasteiger charge is 2.24. The van der Waals surface area contributed by atoms with Crippen LogP contribution in [0.1, 0.15) is 28.8 Å². The quantitative estimate of drug-likeness (QED) is 0.548. The molecule has 3 aromatic rings. The van der Waals surface area contributed by atoms with Gasteiger partial charge in [0.1, 0.15) is 5.65 Å². The van der Waals surface area contributed by atoms with Gasteiger partial charge < -0.3 is 20.9 Å². The van der Waals surface area contributed by atoms with E-state index in [2.05, 4.69) is 41.1 Å². The van der Waals surface area contributed by atoms with E-state index in [0.29, 0.717) is 11.3 Å². The van der Waals surface area contributed by atoms with E-state index < -0.39 is 0 Å². The number of anilines is 2. The summed E-state index contributed by atoms with van der Waals surface area (Å²) in [6, 6.07) is 1.96. The number of piperidine rings is 1. The van der Waals surface area contributed by atoms with E-state index in [1.807, 2.05) is 13.0 Å². The molecule has 0 bridgehead atoms. The number of aromatic amines is 1. The third-order valence-corrected chi connectivity index (χ3v) is 5.37. The molecule has 4 N–H and O–H groups in total. The zero-order chi connectivity index (χ0) is 19.0. The van der Waals surface area contributed by atoms with E-state index in [1.165, 1.54) is 0 Å². The largest absolute Gasteiger partial charge is 0.368 e. The average molecular weight is 466 g/mol. The van der Waals surface area contributed by atoms with Gasteiger partial charge >= 0.3 is 0 Å². The molecule has 0 aliphatic carbocycles. The number of halogens is 2. The molecule has 1 fully saturated rings. The minimum atomic E-state index is -0.201. The molecule has 28 heavy (non-hydrogen) atoms. The molecule has 1 aliphatic rings. The minimum Gasteiger partial charge on any atom is -0.368 e. The summed E-state index contributed by atoms with van der Waals surface area (Å²) in [5, 5.41) is 3.88. The van der Waals surface area contributed by atoms with E-state index in [-0.39, 0.29) is 24.4 Å². The van der Waals surface area contributed by atoms with Crippen molar-refractivity contribution < 1.29 is 4.79 Å². The third kappa shape index (κ3) is 3.99. The highest BCUT2D eigenvalue weighted by Crippen LogP contribution is 2.38. The number of fused-ring (bicyclic) bond motifs is 1. The predicted octanol–water partition coefficient (Wildman–Crippen LogP) is 3.63. The molecule has 0 radical (unpaired) electrons. The predicted molar refractivity (Wildman–Crippen MR) is 117 cm³/mol. The van der Waals surface area contributed by atoms with Gasteiger partial charge in [-0.25, -0.2) is 4.98 Å². The Kier molecular flexibility index (Phi) is 6.22. The average Bonchev–Trinajstić information content (AvgIpc) is 3.04. The monoisotopic (exact) mass is 464 g/mol. The first kappa shape index (κ1) is 20.6. The highest BCUT2D eigenvalue weighted by atomic mass is 79.9. The number of nitrogens with zero attached hydrogens (tertiary/aromatic N) is 3. The summed E-state index contributed by atoms with van der Waals surface area (Å²) < 4.78 is 0.886. The Hall–Kier alpha value is -2.16. The van der Waals surface area contributed by atoms with Gasteiger partial charge in [0.05, 0.1) is 26.8 Å².